The van der Waals surface area contributed by atoms with Gasteiger partial charge in [-0.05, 0) is 38.3 Å². The first kappa shape index (κ1) is 23.3. The van der Waals surface area contributed by atoms with Crippen molar-refractivity contribution in [3.05, 3.63) is 29.8 Å². The van der Waals surface area contributed by atoms with Crippen molar-refractivity contribution in [3.8, 4) is 0 Å². The molecule has 148 valence electrons. The monoisotopic (exact) mass is 420 g/mol. The van der Waals surface area contributed by atoms with Gasteiger partial charge in [0.05, 0.1) is 11.8 Å². The SMILES string of the molecule is Cc1ccc(SC2(CNC(=O)C(N)CCS(C)(=O)=O)CCCC2)cc1.Cl. The number of halogens is 1. The van der Waals surface area contributed by atoms with Crippen molar-refractivity contribution >= 4 is 39.9 Å². The lowest BCUT2D eigenvalue weighted by atomic mass is 10.1. The van der Waals surface area contributed by atoms with Crippen LogP contribution in [0.5, 0.6) is 0 Å². The number of hydrogen-bond donors (Lipinski definition) is 2. The van der Waals surface area contributed by atoms with Crippen LogP contribution in [0.2, 0.25) is 0 Å². The second kappa shape index (κ2) is 9.97. The van der Waals surface area contributed by atoms with E-state index in [9.17, 15) is 13.2 Å². The molecule has 1 aliphatic rings. The van der Waals surface area contributed by atoms with Gasteiger partial charge in [0.2, 0.25) is 5.91 Å². The third-order valence-electron chi connectivity index (χ3n) is 4.59. The first-order chi connectivity index (χ1) is 11.7. The fourth-order valence-corrected chi connectivity index (χ4v) is 5.13. The normalized spacial score (nSPS) is 17.3. The van der Waals surface area contributed by atoms with E-state index in [4.69, 9.17) is 5.73 Å². The van der Waals surface area contributed by atoms with E-state index < -0.39 is 15.9 Å². The highest BCUT2D eigenvalue weighted by atomic mass is 35.5. The number of hydrogen-bond acceptors (Lipinski definition) is 5. The van der Waals surface area contributed by atoms with E-state index in [1.165, 1.54) is 10.5 Å². The van der Waals surface area contributed by atoms with Crippen molar-refractivity contribution < 1.29 is 13.2 Å². The molecule has 1 atom stereocenters. The zero-order valence-electron chi connectivity index (χ0n) is 15.4. The quantitative estimate of drug-likeness (QED) is 0.674. The molecular formula is C18H29ClN2O3S2. The molecule has 1 fully saturated rings. The van der Waals surface area contributed by atoms with Gasteiger partial charge in [-0.3, -0.25) is 4.79 Å². The number of rotatable bonds is 8. The van der Waals surface area contributed by atoms with Crippen molar-refractivity contribution in [2.45, 2.75) is 54.7 Å². The summed E-state index contributed by atoms with van der Waals surface area (Å²) in [6.45, 7) is 2.63. The molecule has 8 heteroatoms. The predicted octanol–water partition coefficient (Wildman–Crippen LogP) is 2.70. The summed E-state index contributed by atoms with van der Waals surface area (Å²) >= 11 is 1.83. The number of benzene rings is 1. The second-order valence-electron chi connectivity index (χ2n) is 7.05. The Morgan fingerprint density at radius 1 is 1.27 bits per heavy atom. The molecule has 1 aliphatic carbocycles. The van der Waals surface area contributed by atoms with Gasteiger partial charge < -0.3 is 11.1 Å². The van der Waals surface area contributed by atoms with E-state index in [1.807, 2.05) is 11.8 Å². The second-order valence-corrected chi connectivity index (χ2v) is 10.8. The largest absolute Gasteiger partial charge is 0.353 e. The van der Waals surface area contributed by atoms with E-state index in [0.29, 0.717) is 6.54 Å². The summed E-state index contributed by atoms with van der Waals surface area (Å²) in [5.74, 6) is -0.329. The molecule has 1 aromatic rings. The van der Waals surface area contributed by atoms with Gasteiger partial charge in [0.25, 0.3) is 0 Å². The van der Waals surface area contributed by atoms with Crippen LogP contribution in [0.3, 0.4) is 0 Å². The van der Waals surface area contributed by atoms with Crippen LogP contribution in [0.4, 0.5) is 0 Å². The molecule has 1 aromatic carbocycles. The Morgan fingerprint density at radius 2 is 1.85 bits per heavy atom. The lowest BCUT2D eigenvalue weighted by Crippen LogP contribution is -2.46. The summed E-state index contributed by atoms with van der Waals surface area (Å²) in [6.07, 6.45) is 5.75. The molecule has 26 heavy (non-hydrogen) atoms. The summed E-state index contributed by atoms with van der Waals surface area (Å²) in [6, 6.07) is 7.67. The summed E-state index contributed by atoms with van der Waals surface area (Å²) in [7, 11) is -3.10. The van der Waals surface area contributed by atoms with E-state index in [2.05, 4.69) is 36.5 Å². The highest BCUT2D eigenvalue weighted by Gasteiger charge is 2.35. The number of aryl methyl sites for hydroxylation is 1. The van der Waals surface area contributed by atoms with Gasteiger partial charge in [-0.25, -0.2) is 8.42 Å². The van der Waals surface area contributed by atoms with E-state index in [1.54, 1.807) is 0 Å². The third-order valence-corrected chi connectivity index (χ3v) is 7.06. The summed E-state index contributed by atoms with van der Waals surface area (Å²) in [5, 5.41) is 2.95. The van der Waals surface area contributed by atoms with Crippen LogP contribution in [-0.4, -0.2) is 43.7 Å². The number of carbonyl (C=O) groups is 1. The van der Waals surface area contributed by atoms with Crippen molar-refractivity contribution in [3.63, 3.8) is 0 Å². The van der Waals surface area contributed by atoms with Gasteiger partial charge in [-0.1, -0.05) is 30.5 Å². The minimum atomic E-state index is -3.10. The van der Waals surface area contributed by atoms with Gasteiger partial charge in [0.1, 0.15) is 9.84 Å². The van der Waals surface area contributed by atoms with Crippen LogP contribution in [0.1, 0.15) is 37.7 Å². The van der Waals surface area contributed by atoms with Crippen LogP contribution in [0.25, 0.3) is 0 Å². The Morgan fingerprint density at radius 3 is 2.38 bits per heavy atom. The first-order valence-electron chi connectivity index (χ1n) is 8.66. The number of nitrogens with one attached hydrogen (secondary N) is 1. The van der Waals surface area contributed by atoms with Crippen LogP contribution in [0, 0.1) is 6.92 Å². The number of thioether (sulfide) groups is 1. The molecule has 3 N–H and O–H groups in total. The summed E-state index contributed by atoms with van der Waals surface area (Å²) in [4.78, 5) is 13.4. The van der Waals surface area contributed by atoms with Gasteiger partial charge in [0.15, 0.2) is 0 Å². The zero-order chi connectivity index (χ0) is 18.5. The molecule has 0 radical (unpaired) electrons. The molecular weight excluding hydrogens is 392 g/mol. The molecule has 1 unspecified atom stereocenters. The molecule has 5 nitrogen and oxygen atoms in total. The number of nitrogens with two attached hydrogens (primary N) is 1. The maximum atomic E-state index is 12.2. The fourth-order valence-electron chi connectivity index (χ4n) is 3.04. The smallest absolute Gasteiger partial charge is 0.236 e. The first-order valence-corrected chi connectivity index (χ1v) is 11.5. The molecule has 0 aromatic heterocycles. The number of sulfone groups is 1. The highest BCUT2D eigenvalue weighted by Crippen LogP contribution is 2.44. The van der Waals surface area contributed by atoms with E-state index in [0.717, 1.165) is 31.9 Å². The lowest BCUT2D eigenvalue weighted by molar-refractivity contribution is -0.122. The molecule has 0 saturated heterocycles. The molecule has 1 amide bonds. The molecule has 2 rings (SSSR count). The van der Waals surface area contributed by atoms with Crippen molar-refractivity contribution in [1.82, 2.24) is 5.32 Å². The van der Waals surface area contributed by atoms with Crippen molar-refractivity contribution in [1.29, 1.82) is 0 Å². The Bertz CT molecular complexity index is 687. The topological polar surface area (TPSA) is 89.3 Å². The van der Waals surface area contributed by atoms with Gasteiger partial charge in [-0.15, -0.1) is 24.2 Å². The fraction of sp³-hybridized carbons (Fsp3) is 0.611. The molecule has 0 spiro atoms. The predicted molar refractivity (Wildman–Crippen MR) is 111 cm³/mol. The number of carbonyl (C=O) groups excluding carboxylic acids is 1. The standard InChI is InChI=1S/C18H28N2O3S2.ClH/c1-14-5-7-15(8-6-14)24-18(10-3-4-11-18)13-20-17(21)16(19)9-12-25(2,22)23;/h5-8,16H,3-4,9-13,19H2,1-2H3,(H,20,21);1H. The lowest BCUT2D eigenvalue weighted by Gasteiger charge is -2.29. The number of amides is 1. The van der Waals surface area contributed by atoms with Gasteiger partial charge in [0, 0.05) is 22.4 Å². The Kier molecular flexibility index (Phi) is 8.93. The van der Waals surface area contributed by atoms with Gasteiger partial charge in [-0.2, -0.15) is 0 Å². The molecule has 1 saturated carbocycles. The third kappa shape index (κ3) is 7.47. The average Bonchev–Trinajstić information content (AvgIpc) is 3.01. The minimum Gasteiger partial charge on any atom is -0.353 e. The Hall–Kier alpha value is -0.760. The molecule has 0 aliphatic heterocycles. The van der Waals surface area contributed by atoms with E-state index >= 15 is 0 Å². The maximum Gasteiger partial charge on any atom is 0.236 e. The minimum absolute atomic E-state index is 0. The molecule has 0 heterocycles. The van der Waals surface area contributed by atoms with Crippen molar-refractivity contribution in [2.75, 3.05) is 18.6 Å². The van der Waals surface area contributed by atoms with Crippen LogP contribution in [-0.2, 0) is 14.6 Å². The average molecular weight is 421 g/mol. The van der Waals surface area contributed by atoms with Crippen molar-refractivity contribution in [2.24, 2.45) is 5.73 Å². The molecule has 0 bridgehead atoms. The maximum absolute atomic E-state index is 12.2. The highest BCUT2D eigenvalue weighted by molar-refractivity contribution is 8.00. The van der Waals surface area contributed by atoms with Crippen LogP contribution in [0.15, 0.2) is 29.2 Å². The van der Waals surface area contributed by atoms with Crippen LogP contribution < -0.4 is 11.1 Å². The van der Waals surface area contributed by atoms with E-state index in [-0.39, 0.29) is 35.2 Å². The van der Waals surface area contributed by atoms with Gasteiger partial charge >= 0.3 is 0 Å². The zero-order valence-corrected chi connectivity index (χ0v) is 17.8. The summed E-state index contributed by atoms with van der Waals surface area (Å²) < 4.78 is 22.4. The Balaban J connectivity index is 0.00000338. The Labute approximate surface area is 167 Å². The van der Waals surface area contributed by atoms with Crippen LogP contribution >= 0.6 is 24.2 Å². The summed E-state index contributed by atoms with van der Waals surface area (Å²) in [5.41, 5.74) is 7.07.